The maximum Gasteiger partial charge on any atom is 0.155 e. The Kier molecular flexibility index (Phi) is 8.06. The summed E-state index contributed by atoms with van der Waals surface area (Å²) in [6.45, 7) is 14.2. The van der Waals surface area contributed by atoms with Gasteiger partial charge in [-0.1, -0.05) is 43.4 Å². The molecule has 4 nitrogen and oxygen atoms in total. The number of fused-ring (bicyclic) bond motifs is 3. The van der Waals surface area contributed by atoms with Gasteiger partial charge in [0.2, 0.25) is 0 Å². The number of carbonyl (C=O) groups excluding carboxylic acids is 1. The van der Waals surface area contributed by atoms with Crippen LogP contribution in [-0.2, 0) is 9.53 Å². The van der Waals surface area contributed by atoms with Crippen LogP contribution in [0.4, 0.5) is 5.69 Å². The Morgan fingerprint density at radius 2 is 1.87 bits per heavy atom. The normalized spacial score (nSPS) is 35.6. The van der Waals surface area contributed by atoms with Crippen molar-refractivity contribution in [2.45, 2.75) is 97.5 Å². The summed E-state index contributed by atoms with van der Waals surface area (Å²) in [5, 5.41) is 12.2. The lowest BCUT2D eigenvalue weighted by molar-refractivity contribution is -0.114. The SMILES string of the molecule is CCCC(=O)/C=C1/CC[C@@H]2[C@@H](C1)[C@@H](c1ccc(N3CCOCC3)cc1)C[C@@]1(C)[C@H]2CC[C@@]1(O)C#CC(C)(C)C. The largest absolute Gasteiger partial charge is 0.378 e. The molecule has 212 valence electrons. The lowest BCUT2D eigenvalue weighted by atomic mass is 9.49. The molecular weight excluding hydrogens is 482 g/mol. The van der Waals surface area contributed by atoms with Gasteiger partial charge in [0.05, 0.1) is 13.2 Å². The van der Waals surface area contributed by atoms with E-state index in [1.54, 1.807) is 0 Å². The molecule has 39 heavy (non-hydrogen) atoms. The van der Waals surface area contributed by atoms with Gasteiger partial charge in [0, 0.05) is 36.0 Å². The summed E-state index contributed by atoms with van der Waals surface area (Å²) in [6, 6.07) is 9.25. The van der Waals surface area contributed by atoms with E-state index in [0.29, 0.717) is 30.1 Å². The van der Waals surface area contributed by atoms with Crippen molar-refractivity contribution in [1.82, 2.24) is 0 Å². The Bertz CT molecular complexity index is 1130. The van der Waals surface area contributed by atoms with Crippen LogP contribution in [0.5, 0.6) is 0 Å². The van der Waals surface area contributed by atoms with Crippen LogP contribution in [0, 0.1) is 40.4 Å². The van der Waals surface area contributed by atoms with Crippen molar-refractivity contribution < 1.29 is 14.6 Å². The molecule has 0 unspecified atom stereocenters. The van der Waals surface area contributed by atoms with E-state index in [9.17, 15) is 9.90 Å². The Hall–Kier alpha value is -2.09. The second-order valence-electron chi connectivity index (χ2n) is 14.0. The minimum absolute atomic E-state index is 0.133. The summed E-state index contributed by atoms with van der Waals surface area (Å²) in [6.07, 6.45) is 9.41. The zero-order valence-corrected chi connectivity index (χ0v) is 24.9. The Morgan fingerprint density at radius 3 is 2.54 bits per heavy atom. The van der Waals surface area contributed by atoms with Crippen LogP contribution >= 0.6 is 0 Å². The molecule has 1 N–H and O–H groups in total. The van der Waals surface area contributed by atoms with Crippen LogP contribution in [0.3, 0.4) is 0 Å². The first kappa shape index (κ1) is 28.4. The van der Waals surface area contributed by atoms with E-state index in [1.807, 2.05) is 6.08 Å². The average Bonchev–Trinajstić information content (AvgIpc) is 3.18. The van der Waals surface area contributed by atoms with Gasteiger partial charge in [0.15, 0.2) is 5.78 Å². The Morgan fingerprint density at radius 1 is 1.15 bits per heavy atom. The number of benzene rings is 1. The van der Waals surface area contributed by atoms with Crippen LogP contribution in [0.15, 0.2) is 35.9 Å². The average molecular weight is 532 g/mol. The minimum atomic E-state index is -0.949. The van der Waals surface area contributed by atoms with E-state index in [1.165, 1.54) is 16.8 Å². The van der Waals surface area contributed by atoms with E-state index >= 15 is 0 Å². The molecule has 6 atom stereocenters. The molecule has 1 aliphatic heterocycles. The first-order chi connectivity index (χ1) is 18.5. The van der Waals surface area contributed by atoms with E-state index in [2.05, 4.69) is 75.6 Å². The second-order valence-corrected chi connectivity index (χ2v) is 14.0. The van der Waals surface area contributed by atoms with Crippen LogP contribution in [-0.4, -0.2) is 42.8 Å². The highest BCUT2D eigenvalue weighted by molar-refractivity contribution is 5.90. The molecule has 0 spiro atoms. The quantitative estimate of drug-likeness (QED) is 0.331. The summed E-state index contributed by atoms with van der Waals surface area (Å²) in [4.78, 5) is 15.0. The number of ether oxygens (including phenoxy) is 1. The van der Waals surface area contributed by atoms with Gasteiger partial charge >= 0.3 is 0 Å². The molecule has 5 rings (SSSR count). The first-order valence-corrected chi connectivity index (χ1v) is 15.4. The zero-order chi connectivity index (χ0) is 27.8. The predicted octanol–water partition coefficient (Wildman–Crippen LogP) is 6.92. The highest BCUT2D eigenvalue weighted by Crippen LogP contribution is 2.66. The lowest BCUT2D eigenvalue weighted by Gasteiger charge is -2.55. The van der Waals surface area contributed by atoms with Gasteiger partial charge < -0.3 is 14.7 Å². The maximum atomic E-state index is 12.5. The number of anilines is 1. The van der Waals surface area contributed by atoms with Gasteiger partial charge in [-0.05, 0) is 113 Å². The molecule has 3 aliphatic carbocycles. The van der Waals surface area contributed by atoms with Gasteiger partial charge in [-0.25, -0.2) is 0 Å². The standard InChI is InChI=1S/C35H49NO3/c1-6-7-28(37)22-25-8-13-29-30(23-25)31(26-9-11-27(12-10-26)36-18-20-39-21-19-36)24-34(5)32(29)14-15-35(34,38)17-16-33(2,3)4/h9-12,22,29-32,38H,6-8,13-15,18-21,23-24H2,1-5H3/b25-22-/t29-,30-,31-,32+,34+,35-/m1/s1. The van der Waals surface area contributed by atoms with E-state index < -0.39 is 5.60 Å². The highest BCUT2D eigenvalue weighted by Gasteiger charge is 2.63. The number of hydrogen-bond acceptors (Lipinski definition) is 4. The lowest BCUT2D eigenvalue weighted by Crippen LogP contribution is -2.53. The van der Waals surface area contributed by atoms with Gasteiger partial charge in [-0.15, -0.1) is 0 Å². The summed E-state index contributed by atoms with van der Waals surface area (Å²) in [7, 11) is 0. The third-order valence-electron chi connectivity index (χ3n) is 10.3. The van der Waals surface area contributed by atoms with Gasteiger partial charge in [0.1, 0.15) is 5.60 Å². The number of aliphatic hydroxyl groups is 1. The molecule has 0 aromatic heterocycles. The van der Waals surface area contributed by atoms with Crippen molar-refractivity contribution in [2.24, 2.45) is 28.6 Å². The first-order valence-electron chi connectivity index (χ1n) is 15.4. The third kappa shape index (κ3) is 5.73. The fourth-order valence-corrected chi connectivity index (χ4v) is 8.25. The van der Waals surface area contributed by atoms with E-state index in [4.69, 9.17) is 4.74 Å². The number of carbonyl (C=O) groups is 1. The van der Waals surface area contributed by atoms with Crippen LogP contribution in [0.2, 0.25) is 0 Å². The number of nitrogens with zero attached hydrogens (tertiary/aromatic N) is 1. The van der Waals surface area contributed by atoms with Gasteiger partial charge in [0.25, 0.3) is 0 Å². The number of ketones is 1. The molecule has 4 heteroatoms. The van der Waals surface area contributed by atoms with Crippen molar-refractivity contribution in [1.29, 1.82) is 0 Å². The molecule has 3 saturated carbocycles. The molecule has 1 aromatic rings. The monoisotopic (exact) mass is 531 g/mol. The van der Waals surface area contributed by atoms with Crippen molar-refractivity contribution in [3.8, 4) is 11.8 Å². The van der Waals surface area contributed by atoms with Crippen molar-refractivity contribution in [2.75, 3.05) is 31.2 Å². The smallest absolute Gasteiger partial charge is 0.155 e. The second kappa shape index (κ2) is 11.1. The van der Waals surface area contributed by atoms with Crippen molar-refractivity contribution in [3.05, 3.63) is 41.5 Å². The van der Waals surface area contributed by atoms with E-state index in [-0.39, 0.29) is 16.6 Å². The highest BCUT2D eigenvalue weighted by atomic mass is 16.5. The van der Waals surface area contributed by atoms with Crippen LogP contribution in [0.25, 0.3) is 0 Å². The summed E-state index contributed by atoms with van der Waals surface area (Å²) >= 11 is 0. The summed E-state index contributed by atoms with van der Waals surface area (Å²) in [5.74, 6) is 9.01. The molecule has 0 amide bonds. The Labute approximate surface area is 236 Å². The minimum Gasteiger partial charge on any atom is -0.378 e. The molecule has 1 aromatic carbocycles. The molecule has 1 saturated heterocycles. The number of rotatable bonds is 5. The molecule has 0 radical (unpaired) electrons. The number of hydrogen-bond donors (Lipinski definition) is 1. The van der Waals surface area contributed by atoms with Crippen LogP contribution in [0.1, 0.15) is 97.5 Å². The third-order valence-corrected chi connectivity index (χ3v) is 10.3. The number of allylic oxidation sites excluding steroid dienone is 2. The Balaban J connectivity index is 1.49. The fraction of sp³-hybridized carbons (Fsp3) is 0.686. The summed E-state index contributed by atoms with van der Waals surface area (Å²) in [5.41, 5.74) is 2.66. The number of morpholine rings is 1. The van der Waals surface area contributed by atoms with Gasteiger partial charge in [-0.3, -0.25) is 4.79 Å². The molecular formula is C35H49NO3. The molecule has 4 fully saturated rings. The summed E-state index contributed by atoms with van der Waals surface area (Å²) < 4.78 is 5.56. The zero-order valence-electron chi connectivity index (χ0n) is 24.9. The maximum absolute atomic E-state index is 12.5. The fourth-order valence-electron chi connectivity index (χ4n) is 8.25. The molecule has 0 bridgehead atoms. The van der Waals surface area contributed by atoms with E-state index in [0.717, 1.165) is 71.2 Å². The van der Waals surface area contributed by atoms with Crippen molar-refractivity contribution >= 4 is 11.5 Å². The van der Waals surface area contributed by atoms with Crippen LogP contribution < -0.4 is 4.90 Å². The molecule has 4 aliphatic rings. The predicted molar refractivity (Wildman–Crippen MR) is 159 cm³/mol. The topological polar surface area (TPSA) is 49.8 Å². The van der Waals surface area contributed by atoms with Gasteiger partial charge in [-0.2, -0.15) is 0 Å². The van der Waals surface area contributed by atoms with Crippen molar-refractivity contribution in [3.63, 3.8) is 0 Å². The molecule has 1 heterocycles.